The van der Waals surface area contributed by atoms with Crippen molar-refractivity contribution in [1.29, 1.82) is 0 Å². The van der Waals surface area contributed by atoms with E-state index >= 15 is 0 Å². The Bertz CT molecular complexity index is 11.5. The van der Waals surface area contributed by atoms with E-state index in [1.54, 1.807) is 6.92 Å². The van der Waals surface area contributed by atoms with Gasteiger partial charge in [-0.05, 0) is 6.92 Å². The van der Waals surface area contributed by atoms with Gasteiger partial charge in [0.25, 0.3) is 0 Å². The summed E-state index contributed by atoms with van der Waals surface area (Å²) in [5.41, 5.74) is 0. The summed E-state index contributed by atoms with van der Waals surface area (Å²) in [5.74, 6) is 0. The average Bonchev–Trinajstić information content (AvgIpc) is 0.918. The van der Waals surface area contributed by atoms with Crippen LogP contribution >= 0.6 is 24.8 Å². The molecule has 0 aliphatic heterocycles. The third-order valence-electron chi connectivity index (χ3n) is 0. The maximum atomic E-state index is 7.57. The van der Waals surface area contributed by atoms with Crippen molar-refractivity contribution >= 4 is 24.8 Å². The standard InChI is InChI=1S/C2H6O.2ClH.Pd/c1-2-3;;;/h3H,2H2,1H3;2*1H;. The van der Waals surface area contributed by atoms with Gasteiger partial charge in [-0.25, -0.2) is 0 Å². The first-order valence-electron chi connectivity index (χ1n) is 1.02. The minimum Gasteiger partial charge on any atom is -0.397 e. The zero-order chi connectivity index (χ0) is 2.71. The zero-order valence-corrected chi connectivity index (χ0v) is 6.47. The molecule has 0 unspecified atom stereocenters. The summed E-state index contributed by atoms with van der Waals surface area (Å²) >= 11 is 0. The second-order valence-electron chi connectivity index (χ2n) is 0.316. The SMILES string of the molecule is CCO.Cl.Cl.[Pd]. The van der Waals surface area contributed by atoms with Gasteiger partial charge in [-0.1, -0.05) is 0 Å². The van der Waals surface area contributed by atoms with E-state index < -0.39 is 0 Å². The molecule has 0 heterocycles. The van der Waals surface area contributed by atoms with E-state index in [4.69, 9.17) is 5.11 Å². The van der Waals surface area contributed by atoms with Crippen molar-refractivity contribution < 1.29 is 25.5 Å². The molecule has 0 amide bonds. The first kappa shape index (κ1) is 27.0. The van der Waals surface area contributed by atoms with Crippen molar-refractivity contribution in [3.8, 4) is 0 Å². The number of aliphatic hydroxyl groups excluding tert-OH is 1. The van der Waals surface area contributed by atoms with E-state index in [-0.39, 0.29) is 51.8 Å². The quantitative estimate of drug-likeness (QED) is 0.606. The molecule has 0 aliphatic rings. The molecule has 6 heavy (non-hydrogen) atoms. The number of hydrogen-bond acceptors (Lipinski definition) is 1. The van der Waals surface area contributed by atoms with Crippen LogP contribution < -0.4 is 0 Å². The predicted molar refractivity (Wildman–Crippen MR) is 27.3 cm³/mol. The van der Waals surface area contributed by atoms with E-state index in [0.29, 0.717) is 0 Å². The molecule has 0 aromatic carbocycles. The third-order valence-corrected chi connectivity index (χ3v) is 0. The van der Waals surface area contributed by atoms with Crippen LogP contribution in [0.5, 0.6) is 0 Å². The molecule has 0 bridgehead atoms. The van der Waals surface area contributed by atoms with Gasteiger partial charge in [0.2, 0.25) is 0 Å². The second kappa shape index (κ2) is 34.6. The fraction of sp³-hybridized carbons (Fsp3) is 1.00. The van der Waals surface area contributed by atoms with Crippen LogP contribution in [0.2, 0.25) is 0 Å². The van der Waals surface area contributed by atoms with Gasteiger partial charge in [0, 0.05) is 27.0 Å². The summed E-state index contributed by atoms with van der Waals surface area (Å²) < 4.78 is 0. The Labute approximate surface area is 64.0 Å². The molecule has 0 aliphatic carbocycles. The third kappa shape index (κ3) is 63.6. The molecular weight excluding hydrogens is 217 g/mol. The summed E-state index contributed by atoms with van der Waals surface area (Å²) in [7, 11) is 0. The molecule has 0 saturated heterocycles. The summed E-state index contributed by atoms with van der Waals surface area (Å²) in [5, 5.41) is 7.57. The molecule has 0 radical (unpaired) electrons. The fourth-order valence-corrected chi connectivity index (χ4v) is 0. The van der Waals surface area contributed by atoms with Crippen LogP contribution in [0.3, 0.4) is 0 Å². The number of rotatable bonds is 0. The molecule has 4 heteroatoms. The largest absolute Gasteiger partial charge is 0.397 e. The first-order chi connectivity index (χ1) is 1.41. The van der Waals surface area contributed by atoms with Crippen molar-refractivity contribution in [1.82, 2.24) is 0 Å². The number of hydrogen-bond donors (Lipinski definition) is 1. The Morgan fingerprint density at radius 1 is 1.33 bits per heavy atom. The Hall–Kier alpha value is 1.20. The van der Waals surface area contributed by atoms with Crippen LogP contribution in [0.1, 0.15) is 6.92 Å². The smallest absolute Gasteiger partial charge is 0.0402 e. The van der Waals surface area contributed by atoms with Crippen LogP contribution in [0.4, 0.5) is 0 Å². The van der Waals surface area contributed by atoms with E-state index in [1.165, 1.54) is 0 Å². The van der Waals surface area contributed by atoms with Gasteiger partial charge in [0.15, 0.2) is 0 Å². The topological polar surface area (TPSA) is 20.2 Å². The minimum atomic E-state index is 0. The van der Waals surface area contributed by atoms with Crippen molar-refractivity contribution in [2.45, 2.75) is 6.92 Å². The van der Waals surface area contributed by atoms with Crippen molar-refractivity contribution in [2.75, 3.05) is 6.61 Å². The summed E-state index contributed by atoms with van der Waals surface area (Å²) in [6.07, 6.45) is 0. The molecule has 1 nitrogen and oxygen atoms in total. The molecule has 0 aromatic heterocycles. The Morgan fingerprint density at radius 3 is 1.33 bits per heavy atom. The molecule has 0 saturated carbocycles. The molecule has 0 fully saturated rings. The summed E-state index contributed by atoms with van der Waals surface area (Å²) in [6.45, 7) is 1.93. The van der Waals surface area contributed by atoms with Crippen LogP contribution in [0, 0.1) is 0 Å². The normalized spacial score (nSPS) is 3.00. The van der Waals surface area contributed by atoms with E-state index in [9.17, 15) is 0 Å². The predicted octanol–water partition coefficient (Wildman–Crippen LogP) is 0.840. The minimum absolute atomic E-state index is 0. The van der Waals surface area contributed by atoms with Crippen molar-refractivity contribution in [3.63, 3.8) is 0 Å². The van der Waals surface area contributed by atoms with Crippen LogP contribution in [0.25, 0.3) is 0 Å². The van der Waals surface area contributed by atoms with Gasteiger partial charge in [-0.15, -0.1) is 24.8 Å². The Balaban J connectivity index is -0.00000000667. The van der Waals surface area contributed by atoms with Gasteiger partial charge in [-0.2, -0.15) is 0 Å². The average molecular weight is 225 g/mol. The first-order valence-corrected chi connectivity index (χ1v) is 1.02. The van der Waals surface area contributed by atoms with Crippen LogP contribution in [-0.2, 0) is 20.4 Å². The number of halogens is 2. The molecule has 0 spiro atoms. The fourth-order valence-electron chi connectivity index (χ4n) is 0. The molecule has 46 valence electrons. The Kier molecular flexibility index (Phi) is 156. The van der Waals surface area contributed by atoms with Crippen molar-refractivity contribution in [3.05, 3.63) is 0 Å². The van der Waals surface area contributed by atoms with Gasteiger partial charge >= 0.3 is 0 Å². The van der Waals surface area contributed by atoms with Crippen LogP contribution in [0.15, 0.2) is 0 Å². The molecule has 1 N–H and O–H groups in total. The van der Waals surface area contributed by atoms with Crippen LogP contribution in [-0.4, -0.2) is 11.7 Å². The van der Waals surface area contributed by atoms with E-state index in [0.717, 1.165) is 0 Å². The summed E-state index contributed by atoms with van der Waals surface area (Å²) in [4.78, 5) is 0. The van der Waals surface area contributed by atoms with Gasteiger partial charge in [0.05, 0.1) is 0 Å². The second-order valence-corrected chi connectivity index (χ2v) is 0.316. The summed E-state index contributed by atoms with van der Waals surface area (Å²) in [6, 6.07) is 0. The van der Waals surface area contributed by atoms with Gasteiger partial charge < -0.3 is 5.11 Å². The zero-order valence-electron chi connectivity index (χ0n) is 3.29. The van der Waals surface area contributed by atoms with Crippen molar-refractivity contribution in [2.24, 2.45) is 0 Å². The molecule has 0 aromatic rings. The molecular formula is C2H8Cl2OPd. The number of aliphatic hydroxyl groups is 1. The van der Waals surface area contributed by atoms with Gasteiger partial charge in [-0.3, -0.25) is 0 Å². The van der Waals surface area contributed by atoms with E-state index in [1.807, 2.05) is 0 Å². The maximum Gasteiger partial charge on any atom is 0.0402 e. The Morgan fingerprint density at radius 2 is 1.33 bits per heavy atom. The van der Waals surface area contributed by atoms with E-state index in [2.05, 4.69) is 0 Å². The molecule has 0 rings (SSSR count). The maximum absolute atomic E-state index is 7.57. The monoisotopic (exact) mass is 224 g/mol. The molecule has 0 atom stereocenters. The van der Waals surface area contributed by atoms with Gasteiger partial charge in [0.1, 0.15) is 0 Å².